The molecule has 1 aromatic heterocycles. The molecule has 5 heteroatoms. The Morgan fingerprint density at radius 1 is 0.971 bits per heavy atom. The topological polar surface area (TPSA) is 58.1 Å². The lowest BCUT2D eigenvalue weighted by molar-refractivity contribution is -0.117. The van der Waals surface area contributed by atoms with E-state index in [-0.39, 0.29) is 5.91 Å². The van der Waals surface area contributed by atoms with Crippen LogP contribution in [0.1, 0.15) is 29.3 Å². The van der Waals surface area contributed by atoms with Crippen LogP contribution in [0.2, 0.25) is 0 Å². The molecule has 5 nitrogen and oxygen atoms in total. The zero-order valence-electron chi connectivity index (χ0n) is 20.3. The Kier molecular flexibility index (Phi) is 6.68. The third-order valence-corrected chi connectivity index (χ3v) is 6.56. The van der Waals surface area contributed by atoms with E-state index in [1.807, 2.05) is 36.4 Å². The highest BCUT2D eigenvalue weighted by Crippen LogP contribution is 2.32. The van der Waals surface area contributed by atoms with E-state index in [0.717, 1.165) is 59.0 Å². The lowest BCUT2D eigenvalue weighted by Crippen LogP contribution is -2.38. The first-order valence-electron chi connectivity index (χ1n) is 12.2. The third-order valence-electron chi connectivity index (χ3n) is 6.56. The number of aromatic nitrogens is 2. The number of amides is 1. The highest BCUT2D eigenvalue weighted by atomic mass is 16.2. The molecule has 5 rings (SSSR count). The lowest BCUT2D eigenvalue weighted by Gasteiger charge is -2.29. The van der Waals surface area contributed by atoms with Gasteiger partial charge in [-0.05, 0) is 36.6 Å². The van der Waals surface area contributed by atoms with Gasteiger partial charge in [-0.25, -0.2) is 9.97 Å². The maximum absolute atomic E-state index is 12.9. The van der Waals surface area contributed by atoms with Crippen LogP contribution in [0.25, 0.3) is 22.6 Å². The van der Waals surface area contributed by atoms with Gasteiger partial charge in [-0.1, -0.05) is 73.7 Å². The molecule has 1 amide bonds. The predicted octanol–water partition coefficient (Wildman–Crippen LogP) is 5.68. The fourth-order valence-electron chi connectivity index (χ4n) is 4.66. The van der Waals surface area contributed by atoms with Gasteiger partial charge >= 0.3 is 0 Å². The van der Waals surface area contributed by atoms with E-state index in [0.29, 0.717) is 13.1 Å². The molecule has 0 radical (unpaired) electrons. The van der Waals surface area contributed by atoms with Gasteiger partial charge in [0.2, 0.25) is 5.91 Å². The van der Waals surface area contributed by atoms with Gasteiger partial charge < -0.3 is 5.32 Å². The lowest BCUT2D eigenvalue weighted by atomic mass is 9.96. The number of fused-ring (bicyclic) bond motifs is 1. The van der Waals surface area contributed by atoms with E-state index in [9.17, 15) is 4.79 Å². The van der Waals surface area contributed by atoms with Gasteiger partial charge in [0.05, 0.1) is 17.9 Å². The molecule has 1 aliphatic heterocycles. The van der Waals surface area contributed by atoms with Crippen molar-refractivity contribution in [3.05, 3.63) is 101 Å². The molecule has 1 aliphatic rings. The molecule has 0 atom stereocenters. The summed E-state index contributed by atoms with van der Waals surface area (Å²) in [5, 5.41) is 3.06. The van der Waals surface area contributed by atoms with Gasteiger partial charge in [-0.3, -0.25) is 9.69 Å². The number of hydrogen-bond donors (Lipinski definition) is 1. The normalized spacial score (nSPS) is 13.3. The number of rotatable bonds is 6. The van der Waals surface area contributed by atoms with Gasteiger partial charge in [-0.15, -0.1) is 0 Å². The summed E-state index contributed by atoms with van der Waals surface area (Å²) in [5.74, 6) is 0.755. The molecule has 1 N–H and O–H groups in total. The predicted molar refractivity (Wildman–Crippen MR) is 141 cm³/mol. The zero-order chi connectivity index (χ0) is 24.2. The van der Waals surface area contributed by atoms with Gasteiger partial charge in [0.15, 0.2) is 5.82 Å². The van der Waals surface area contributed by atoms with Crippen molar-refractivity contribution >= 4 is 11.6 Å². The molecule has 0 saturated heterocycles. The molecule has 176 valence electrons. The van der Waals surface area contributed by atoms with Crippen LogP contribution >= 0.6 is 0 Å². The number of carbonyl (C=O) groups excluding carboxylic acids is 1. The molecule has 2 heterocycles. The summed E-state index contributed by atoms with van der Waals surface area (Å²) in [6, 6.07) is 26.5. The Bertz CT molecular complexity index is 1350. The first-order valence-corrected chi connectivity index (χ1v) is 12.2. The van der Waals surface area contributed by atoms with E-state index < -0.39 is 0 Å². The van der Waals surface area contributed by atoms with E-state index in [1.165, 1.54) is 11.1 Å². The van der Waals surface area contributed by atoms with Crippen LogP contribution in [0.5, 0.6) is 0 Å². The Morgan fingerprint density at radius 3 is 2.57 bits per heavy atom. The highest BCUT2D eigenvalue weighted by molar-refractivity contribution is 5.92. The van der Waals surface area contributed by atoms with Crippen LogP contribution in [-0.2, 0) is 24.2 Å². The third kappa shape index (κ3) is 5.15. The molecule has 0 bridgehead atoms. The Hall–Kier alpha value is -3.83. The van der Waals surface area contributed by atoms with Crippen LogP contribution in [0.15, 0.2) is 78.9 Å². The summed E-state index contributed by atoms with van der Waals surface area (Å²) in [5.41, 5.74) is 8.53. The van der Waals surface area contributed by atoms with E-state index in [1.54, 1.807) is 0 Å². The van der Waals surface area contributed by atoms with Gasteiger partial charge in [0.1, 0.15) is 0 Å². The van der Waals surface area contributed by atoms with Crippen molar-refractivity contribution in [3.8, 4) is 22.6 Å². The Labute approximate surface area is 206 Å². The van der Waals surface area contributed by atoms with Gasteiger partial charge in [0, 0.05) is 41.9 Å². The first kappa shape index (κ1) is 22.9. The SMILES string of the molecule is CCc1cccc(NC(=O)CN2CCc3nc(-c4ccccc4)nc(-c4ccccc4C)c3C2)c1. The molecular formula is C30H30N4O. The minimum Gasteiger partial charge on any atom is -0.325 e. The standard InChI is InChI=1S/C30H30N4O/c1-3-22-11-9-14-24(18-22)31-28(35)20-34-17-16-27-26(19-34)29(25-15-8-7-10-21(25)2)33-30(32-27)23-12-5-4-6-13-23/h4-15,18H,3,16-17,19-20H2,1-2H3,(H,31,35). The van der Waals surface area contributed by atoms with Crippen LogP contribution < -0.4 is 5.32 Å². The Morgan fingerprint density at radius 2 is 1.77 bits per heavy atom. The van der Waals surface area contributed by atoms with Crippen molar-refractivity contribution in [2.45, 2.75) is 33.2 Å². The molecule has 0 fully saturated rings. The van der Waals surface area contributed by atoms with E-state index in [2.05, 4.69) is 66.5 Å². The van der Waals surface area contributed by atoms with Crippen LogP contribution in [0.3, 0.4) is 0 Å². The van der Waals surface area contributed by atoms with Crippen molar-refractivity contribution in [1.29, 1.82) is 0 Å². The number of benzene rings is 3. The minimum atomic E-state index is 0.000897. The molecule has 0 aliphatic carbocycles. The number of nitrogens with zero attached hydrogens (tertiary/aromatic N) is 3. The van der Waals surface area contributed by atoms with E-state index >= 15 is 0 Å². The molecule has 0 spiro atoms. The number of hydrogen-bond acceptors (Lipinski definition) is 4. The average molecular weight is 463 g/mol. The quantitative estimate of drug-likeness (QED) is 0.401. The second kappa shape index (κ2) is 10.2. The largest absolute Gasteiger partial charge is 0.325 e. The molecule has 3 aromatic carbocycles. The maximum atomic E-state index is 12.9. The molecular weight excluding hydrogens is 432 g/mol. The van der Waals surface area contributed by atoms with Crippen molar-refractivity contribution in [1.82, 2.24) is 14.9 Å². The van der Waals surface area contributed by atoms with Crippen molar-refractivity contribution in [3.63, 3.8) is 0 Å². The van der Waals surface area contributed by atoms with Crippen molar-refractivity contribution < 1.29 is 4.79 Å². The number of anilines is 1. The monoisotopic (exact) mass is 462 g/mol. The number of aryl methyl sites for hydroxylation is 2. The molecule has 35 heavy (non-hydrogen) atoms. The summed E-state index contributed by atoms with van der Waals surface area (Å²) >= 11 is 0. The highest BCUT2D eigenvalue weighted by Gasteiger charge is 2.25. The summed E-state index contributed by atoms with van der Waals surface area (Å²) in [6.45, 7) is 6.00. The fraction of sp³-hybridized carbons (Fsp3) is 0.233. The van der Waals surface area contributed by atoms with Gasteiger partial charge in [0.25, 0.3) is 0 Å². The van der Waals surface area contributed by atoms with Crippen molar-refractivity contribution in [2.75, 3.05) is 18.4 Å². The summed E-state index contributed by atoms with van der Waals surface area (Å²) in [4.78, 5) is 25.1. The van der Waals surface area contributed by atoms with Crippen LogP contribution in [-0.4, -0.2) is 33.9 Å². The maximum Gasteiger partial charge on any atom is 0.238 e. The van der Waals surface area contributed by atoms with Crippen LogP contribution in [0, 0.1) is 6.92 Å². The number of carbonyl (C=O) groups is 1. The average Bonchev–Trinajstić information content (AvgIpc) is 2.89. The molecule has 0 saturated carbocycles. The molecule has 4 aromatic rings. The summed E-state index contributed by atoms with van der Waals surface area (Å²) < 4.78 is 0. The van der Waals surface area contributed by atoms with Crippen LogP contribution in [0.4, 0.5) is 5.69 Å². The minimum absolute atomic E-state index is 0.000897. The second-order valence-electron chi connectivity index (χ2n) is 9.06. The number of nitrogens with one attached hydrogen (secondary N) is 1. The second-order valence-corrected chi connectivity index (χ2v) is 9.06. The smallest absolute Gasteiger partial charge is 0.238 e. The van der Waals surface area contributed by atoms with Crippen molar-refractivity contribution in [2.24, 2.45) is 0 Å². The van der Waals surface area contributed by atoms with E-state index in [4.69, 9.17) is 9.97 Å². The Balaban J connectivity index is 1.43. The molecule has 0 unspecified atom stereocenters. The first-order chi connectivity index (χ1) is 17.1. The summed E-state index contributed by atoms with van der Waals surface area (Å²) in [6.07, 6.45) is 1.73. The fourth-order valence-corrected chi connectivity index (χ4v) is 4.66. The summed E-state index contributed by atoms with van der Waals surface area (Å²) in [7, 11) is 0. The zero-order valence-corrected chi connectivity index (χ0v) is 20.3. The van der Waals surface area contributed by atoms with Gasteiger partial charge in [-0.2, -0.15) is 0 Å².